The summed E-state index contributed by atoms with van der Waals surface area (Å²) >= 11 is 0. The van der Waals surface area contributed by atoms with Crippen LogP contribution in [0, 0.1) is 5.41 Å². The number of hydrogen-bond donors (Lipinski definition) is 1. The van der Waals surface area contributed by atoms with Crippen LogP contribution in [0.25, 0.3) is 0 Å². The second-order valence-corrected chi connectivity index (χ2v) is 3.88. The van der Waals surface area contributed by atoms with E-state index in [-0.39, 0.29) is 5.41 Å². The lowest BCUT2D eigenvalue weighted by Crippen LogP contribution is -2.21. The van der Waals surface area contributed by atoms with Crippen molar-refractivity contribution in [2.24, 2.45) is 5.41 Å². The number of Topliss-reactive ketones (excluding diaryl/α,β-unsaturated/α-hetero) is 1. The summed E-state index contributed by atoms with van der Waals surface area (Å²) in [4.78, 5) is 11.3. The van der Waals surface area contributed by atoms with Gasteiger partial charge < -0.3 is 5.32 Å². The molecule has 0 spiro atoms. The SMILES string of the molecule is CNCCCC(=O)C(C)(C)C. The predicted molar refractivity (Wildman–Crippen MR) is 47.6 cm³/mol. The molecule has 0 unspecified atom stereocenters. The monoisotopic (exact) mass is 157 g/mol. The molecule has 0 atom stereocenters. The molecule has 0 aliphatic heterocycles. The zero-order chi connectivity index (χ0) is 8.91. The number of ketones is 1. The quantitative estimate of drug-likeness (QED) is 0.628. The van der Waals surface area contributed by atoms with Crippen LogP contribution in [0.1, 0.15) is 33.6 Å². The highest BCUT2D eigenvalue weighted by molar-refractivity contribution is 5.83. The number of nitrogens with one attached hydrogen (secondary N) is 1. The van der Waals surface area contributed by atoms with E-state index in [9.17, 15) is 4.79 Å². The van der Waals surface area contributed by atoms with Crippen molar-refractivity contribution in [1.82, 2.24) is 5.32 Å². The smallest absolute Gasteiger partial charge is 0.138 e. The first-order valence-electron chi connectivity index (χ1n) is 4.16. The summed E-state index contributed by atoms with van der Waals surface area (Å²) < 4.78 is 0. The molecule has 0 aliphatic rings. The maximum atomic E-state index is 11.3. The Kier molecular flexibility index (Phi) is 4.34. The third-order valence-electron chi connectivity index (χ3n) is 1.67. The molecule has 0 bridgehead atoms. The third kappa shape index (κ3) is 4.96. The number of carbonyl (C=O) groups excluding carboxylic acids is 1. The molecule has 0 saturated carbocycles. The Labute approximate surface area is 69.4 Å². The maximum absolute atomic E-state index is 11.3. The Morgan fingerprint density at radius 3 is 2.27 bits per heavy atom. The van der Waals surface area contributed by atoms with E-state index >= 15 is 0 Å². The summed E-state index contributed by atoms with van der Waals surface area (Å²) in [5.74, 6) is 0.354. The van der Waals surface area contributed by atoms with Crippen molar-refractivity contribution < 1.29 is 4.79 Å². The molecule has 0 aromatic heterocycles. The molecular weight excluding hydrogens is 138 g/mol. The van der Waals surface area contributed by atoms with Crippen molar-refractivity contribution in [2.45, 2.75) is 33.6 Å². The fourth-order valence-corrected chi connectivity index (χ4v) is 0.801. The summed E-state index contributed by atoms with van der Waals surface area (Å²) in [6.45, 7) is 6.83. The van der Waals surface area contributed by atoms with E-state index in [1.165, 1.54) is 0 Å². The van der Waals surface area contributed by atoms with Crippen molar-refractivity contribution >= 4 is 5.78 Å². The molecule has 0 aliphatic carbocycles. The molecule has 0 rings (SSSR count). The van der Waals surface area contributed by atoms with Crippen molar-refractivity contribution in [2.75, 3.05) is 13.6 Å². The van der Waals surface area contributed by atoms with E-state index in [4.69, 9.17) is 0 Å². The van der Waals surface area contributed by atoms with Crippen LogP contribution in [0.3, 0.4) is 0 Å². The summed E-state index contributed by atoms with van der Waals surface area (Å²) in [6, 6.07) is 0. The second kappa shape index (κ2) is 4.50. The third-order valence-corrected chi connectivity index (χ3v) is 1.67. The van der Waals surface area contributed by atoms with E-state index in [2.05, 4.69) is 5.32 Å². The minimum absolute atomic E-state index is 0.159. The lowest BCUT2D eigenvalue weighted by molar-refractivity contribution is -0.126. The predicted octanol–water partition coefficient (Wildman–Crippen LogP) is 1.60. The average molecular weight is 157 g/mol. The Morgan fingerprint density at radius 1 is 1.36 bits per heavy atom. The fourth-order valence-electron chi connectivity index (χ4n) is 0.801. The van der Waals surface area contributed by atoms with Gasteiger partial charge in [0.25, 0.3) is 0 Å². The van der Waals surface area contributed by atoms with Crippen LogP contribution >= 0.6 is 0 Å². The lowest BCUT2D eigenvalue weighted by Gasteiger charge is -2.15. The highest BCUT2D eigenvalue weighted by Crippen LogP contribution is 2.17. The van der Waals surface area contributed by atoms with Gasteiger partial charge in [-0.15, -0.1) is 0 Å². The lowest BCUT2D eigenvalue weighted by atomic mass is 9.88. The largest absolute Gasteiger partial charge is 0.320 e. The Bertz CT molecular complexity index is 124. The molecular formula is C9H19NO. The molecule has 11 heavy (non-hydrogen) atoms. The summed E-state index contributed by atoms with van der Waals surface area (Å²) in [6.07, 6.45) is 1.65. The maximum Gasteiger partial charge on any atom is 0.138 e. The van der Waals surface area contributed by atoms with E-state index in [0.717, 1.165) is 13.0 Å². The molecule has 2 heteroatoms. The molecule has 0 aromatic carbocycles. The summed E-state index contributed by atoms with van der Waals surface area (Å²) in [7, 11) is 1.90. The average Bonchev–Trinajstić information content (AvgIpc) is 1.86. The van der Waals surface area contributed by atoms with Gasteiger partial charge in [-0.25, -0.2) is 0 Å². The van der Waals surface area contributed by atoms with Gasteiger partial charge in [-0.05, 0) is 20.0 Å². The van der Waals surface area contributed by atoms with Crippen LogP contribution in [0.4, 0.5) is 0 Å². The van der Waals surface area contributed by atoms with Gasteiger partial charge in [0.1, 0.15) is 5.78 Å². The van der Waals surface area contributed by atoms with Gasteiger partial charge in [0.15, 0.2) is 0 Å². The van der Waals surface area contributed by atoms with Gasteiger partial charge in [-0.1, -0.05) is 20.8 Å². The van der Waals surface area contributed by atoms with Gasteiger partial charge in [-0.3, -0.25) is 4.79 Å². The topological polar surface area (TPSA) is 29.1 Å². The molecule has 66 valence electrons. The van der Waals surface area contributed by atoms with Gasteiger partial charge >= 0.3 is 0 Å². The number of rotatable bonds is 4. The molecule has 0 fully saturated rings. The van der Waals surface area contributed by atoms with Crippen molar-refractivity contribution in [3.63, 3.8) is 0 Å². The normalized spacial score (nSPS) is 11.6. The first-order valence-corrected chi connectivity index (χ1v) is 4.16. The molecule has 0 saturated heterocycles. The van der Waals surface area contributed by atoms with Crippen LogP contribution in [0.5, 0.6) is 0 Å². The van der Waals surface area contributed by atoms with Crippen LogP contribution in [0.2, 0.25) is 0 Å². The van der Waals surface area contributed by atoms with E-state index in [1.54, 1.807) is 0 Å². The van der Waals surface area contributed by atoms with Crippen molar-refractivity contribution in [1.29, 1.82) is 0 Å². The van der Waals surface area contributed by atoms with Gasteiger partial charge in [0.05, 0.1) is 0 Å². The van der Waals surface area contributed by atoms with Gasteiger partial charge in [-0.2, -0.15) is 0 Å². The Hall–Kier alpha value is -0.370. The number of hydrogen-bond acceptors (Lipinski definition) is 2. The molecule has 0 radical (unpaired) electrons. The van der Waals surface area contributed by atoms with Crippen molar-refractivity contribution in [3.8, 4) is 0 Å². The Balaban J connectivity index is 3.54. The van der Waals surface area contributed by atoms with Crippen LogP contribution < -0.4 is 5.32 Å². The summed E-state index contributed by atoms with van der Waals surface area (Å²) in [5.41, 5.74) is -0.159. The van der Waals surface area contributed by atoms with Gasteiger partial charge in [0.2, 0.25) is 0 Å². The van der Waals surface area contributed by atoms with Crippen LogP contribution in [-0.2, 0) is 4.79 Å². The molecule has 0 heterocycles. The van der Waals surface area contributed by atoms with E-state index in [1.807, 2.05) is 27.8 Å². The molecule has 1 N–H and O–H groups in total. The highest BCUT2D eigenvalue weighted by Gasteiger charge is 2.19. The molecule has 0 amide bonds. The standard InChI is InChI=1S/C9H19NO/c1-9(2,3)8(11)6-5-7-10-4/h10H,5-7H2,1-4H3. The first kappa shape index (κ1) is 10.6. The second-order valence-electron chi connectivity index (χ2n) is 3.88. The zero-order valence-corrected chi connectivity index (χ0v) is 8.03. The highest BCUT2D eigenvalue weighted by atomic mass is 16.1. The number of carbonyl (C=O) groups is 1. The van der Waals surface area contributed by atoms with Crippen LogP contribution in [-0.4, -0.2) is 19.4 Å². The zero-order valence-electron chi connectivity index (χ0n) is 8.03. The minimum atomic E-state index is -0.159. The molecule has 0 aromatic rings. The Morgan fingerprint density at radius 2 is 1.91 bits per heavy atom. The van der Waals surface area contributed by atoms with E-state index in [0.29, 0.717) is 12.2 Å². The summed E-state index contributed by atoms with van der Waals surface area (Å²) in [5, 5.41) is 3.02. The van der Waals surface area contributed by atoms with Crippen molar-refractivity contribution in [3.05, 3.63) is 0 Å². The van der Waals surface area contributed by atoms with Crippen LogP contribution in [0.15, 0.2) is 0 Å². The first-order chi connectivity index (χ1) is 4.98. The molecule has 2 nitrogen and oxygen atoms in total. The van der Waals surface area contributed by atoms with E-state index < -0.39 is 0 Å². The van der Waals surface area contributed by atoms with Gasteiger partial charge in [0, 0.05) is 11.8 Å². The minimum Gasteiger partial charge on any atom is -0.320 e. The fraction of sp³-hybridized carbons (Fsp3) is 0.889.